The molecule has 0 N–H and O–H groups in total. The van der Waals surface area contributed by atoms with Gasteiger partial charge in [0.2, 0.25) is 5.91 Å². The summed E-state index contributed by atoms with van der Waals surface area (Å²) in [5.74, 6) is 0.274. The van der Waals surface area contributed by atoms with Crippen LogP contribution in [0, 0.1) is 11.7 Å². The largest absolute Gasteiger partial charge is 0.342 e. The maximum absolute atomic E-state index is 13.3. The van der Waals surface area contributed by atoms with Gasteiger partial charge in [0.05, 0.1) is 5.92 Å². The van der Waals surface area contributed by atoms with Crippen molar-refractivity contribution < 1.29 is 9.18 Å². The van der Waals surface area contributed by atoms with E-state index in [1.807, 2.05) is 11.0 Å². The van der Waals surface area contributed by atoms with E-state index in [4.69, 9.17) is 0 Å². The van der Waals surface area contributed by atoms with Crippen LogP contribution in [0.5, 0.6) is 0 Å². The molecule has 2 aliphatic rings. The van der Waals surface area contributed by atoms with E-state index in [1.165, 1.54) is 6.07 Å². The highest BCUT2D eigenvalue weighted by Crippen LogP contribution is 2.22. The van der Waals surface area contributed by atoms with E-state index in [-0.39, 0.29) is 11.7 Å². The van der Waals surface area contributed by atoms with Gasteiger partial charge >= 0.3 is 0 Å². The number of amides is 1. The van der Waals surface area contributed by atoms with Crippen LogP contribution < -0.4 is 0 Å². The van der Waals surface area contributed by atoms with Crippen molar-refractivity contribution in [1.82, 2.24) is 9.80 Å². The van der Waals surface area contributed by atoms with Gasteiger partial charge in [0.25, 0.3) is 0 Å². The fourth-order valence-electron chi connectivity index (χ4n) is 3.49. The summed E-state index contributed by atoms with van der Waals surface area (Å²) in [4.78, 5) is 16.8. The average Bonchev–Trinajstić information content (AvgIpc) is 3.01. The van der Waals surface area contributed by atoms with Gasteiger partial charge in [-0.1, -0.05) is 12.1 Å². The molecule has 0 spiro atoms. The van der Waals surface area contributed by atoms with Crippen molar-refractivity contribution in [2.45, 2.75) is 32.2 Å². The van der Waals surface area contributed by atoms with Crippen molar-refractivity contribution >= 4 is 5.91 Å². The lowest BCUT2D eigenvalue weighted by Crippen LogP contribution is -2.43. The molecule has 0 saturated carbocycles. The van der Waals surface area contributed by atoms with Gasteiger partial charge in [-0.05, 0) is 49.9 Å². The van der Waals surface area contributed by atoms with E-state index in [2.05, 4.69) is 4.90 Å². The molecule has 0 aromatic heterocycles. The molecule has 1 aromatic carbocycles. The Morgan fingerprint density at radius 2 is 2.00 bits per heavy atom. The molecule has 1 amide bonds. The third-order valence-electron chi connectivity index (χ3n) is 4.57. The van der Waals surface area contributed by atoms with Gasteiger partial charge in [0, 0.05) is 26.2 Å². The first-order valence-corrected chi connectivity index (χ1v) is 7.98. The molecule has 1 atom stereocenters. The van der Waals surface area contributed by atoms with Gasteiger partial charge in [-0.3, -0.25) is 9.69 Å². The maximum atomic E-state index is 13.3. The molecule has 21 heavy (non-hydrogen) atoms. The highest BCUT2D eigenvalue weighted by molar-refractivity contribution is 5.79. The van der Waals surface area contributed by atoms with Gasteiger partial charge in [0.1, 0.15) is 5.82 Å². The van der Waals surface area contributed by atoms with E-state index in [0.717, 1.165) is 64.0 Å². The smallest absolute Gasteiger partial charge is 0.226 e. The third kappa shape index (κ3) is 3.62. The molecule has 2 saturated heterocycles. The number of rotatable bonds is 3. The van der Waals surface area contributed by atoms with E-state index in [0.29, 0.717) is 5.91 Å². The maximum Gasteiger partial charge on any atom is 0.226 e. The molecule has 0 radical (unpaired) electrons. The number of carbonyl (C=O) groups is 1. The normalized spacial score (nSPS) is 23.5. The summed E-state index contributed by atoms with van der Waals surface area (Å²) < 4.78 is 13.3. The number of likely N-dealkylation sites (tertiary alicyclic amines) is 2. The fraction of sp³-hybridized carbons (Fsp3) is 0.588. The van der Waals surface area contributed by atoms with Crippen molar-refractivity contribution in [3.63, 3.8) is 0 Å². The van der Waals surface area contributed by atoms with Crippen molar-refractivity contribution in [3.05, 3.63) is 35.6 Å². The zero-order valence-corrected chi connectivity index (χ0v) is 12.4. The molecule has 2 heterocycles. The number of hydrogen-bond acceptors (Lipinski definition) is 2. The molecule has 0 aliphatic carbocycles. The zero-order valence-electron chi connectivity index (χ0n) is 12.4. The van der Waals surface area contributed by atoms with Crippen LogP contribution in [0.15, 0.2) is 24.3 Å². The average molecular weight is 290 g/mol. The van der Waals surface area contributed by atoms with Gasteiger partial charge in [0.15, 0.2) is 0 Å². The molecule has 1 aromatic rings. The number of nitrogens with zero attached hydrogens (tertiary/aromatic N) is 2. The van der Waals surface area contributed by atoms with Crippen LogP contribution in [0.3, 0.4) is 0 Å². The lowest BCUT2D eigenvalue weighted by Gasteiger charge is -2.34. The van der Waals surface area contributed by atoms with Gasteiger partial charge in [-0.15, -0.1) is 0 Å². The second-order valence-electron chi connectivity index (χ2n) is 6.24. The summed E-state index contributed by atoms with van der Waals surface area (Å²) in [5, 5.41) is 0. The van der Waals surface area contributed by atoms with E-state index < -0.39 is 0 Å². The summed E-state index contributed by atoms with van der Waals surface area (Å²) >= 11 is 0. The van der Waals surface area contributed by atoms with Crippen molar-refractivity contribution in [2.24, 2.45) is 5.92 Å². The number of hydrogen-bond donors (Lipinski definition) is 0. The monoisotopic (exact) mass is 290 g/mol. The molecule has 0 unspecified atom stereocenters. The standard InChI is InChI=1S/C17H23FN2O/c18-16-7-3-5-14(11-16)12-19-8-4-6-15(13-19)17(21)20-9-1-2-10-20/h3,5,7,11,15H,1-2,4,6,8-10,12-13H2/t15-/m1/s1. The van der Waals surface area contributed by atoms with Crippen LogP contribution >= 0.6 is 0 Å². The summed E-state index contributed by atoms with van der Waals surface area (Å²) in [6.07, 6.45) is 4.34. The molecular weight excluding hydrogens is 267 g/mol. The van der Waals surface area contributed by atoms with Crippen molar-refractivity contribution in [3.8, 4) is 0 Å². The molecule has 2 fully saturated rings. The Balaban J connectivity index is 1.59. The molecule has 0 bridgehead atoms. The summed E-state index contributed by atoms with van der Waals surface area (Å²) in [6.45, 7) is 4.41. The van der Waals surface area contributed by atoms with Crippen LogP contribution in [-0.4, -0.2) is 41.9 Å². The Morgan fingerprint density at radius 3 is 2.76 bits per heavy atom. The first-order chi connectivity index (χ1) is 10.2. The Hall–Kier alpha value is -1.42. The third-order valence-corrected chi connectivity index (χ3v) is 4.57. The van der Waals surface area contributed by atoms with Crippen LogP contribution in [0.2, 0.25) is 0 Å². The Morgan fingerprint density at radius 1 is 1.19 bits per heavy atom. The Bertz CT molecular complexity index is 499. The second-order valence-corrected chi connectivity index (χ2v) is 6.24. The van der Waals surface area contributed by atoms with E-state index >= 15 is 0 Å². The predicted octanol–water partition coefficient (Wildman–Crippen LogP) is 2.66. The van der Waals surface area contributed by atoms with E-state index in [9.17, 15) is 9.18 Å². The van der Waals surface area contributed by atoms with Crippen LogP contribution in [0.4, 0.5) is 4.39 Å². The quantitative estimate of drug-likeness (QED) is 0.854. The molecule has 4 heteroatoms. The highest BCUT2D eigenvalue weighted by atomic mass is 19.1. The topological polar surface area (TPSA) is 23.6 Å². The predicted molar refractivity (Wildman–Crippen MR) is 80.2 cm³/mol. The molecule has 114 valence electrons. The van der Waals surface area contributed by atoms with Gasteiger partial charge < -0.3 is 4.90 Å². The minimum absolute atomic E-state index is 0.130. The second kappa shape index (κ2) is 6.56. The van der Waals surface area contributed by atoms with E-state index in [1.54, 1.807) is 12.1 Å². The first-order valence-electron chi connectivity index (χ1n) is 7.98. The molecule has 3 nitrogen and oxygen atoms in total. The molecule has 2 aliphatic heterocycles. The number of halogens is 1. The Labute approximate surface area is 125 Å². The number of benzene rings is 1. The van der Waals surface area contributed by atoms with Crippen molar-refractivity contribution in [2.75, 3.05) is 26.2 Å². The summed E-state index contributed by atoms with van der Waals surface area (Å²) in [5.41, 5.74) is 0.990. The first kappa shape index (κ1) is 14.5. The molecular formula is C17H23FN2O. The van der Waals surface area contributed by atoms with Crippen LogP contribution in [0.25, 0.3) is 0 Å². The van der Waals surface area contributed by atoms with Gasteiger partial charge in [-0.2, -0.15) is 0 Å². The fourth-order valence-corrected chi connectivity index (χ4v) is 3.49. The van der Waals surface area contributed by atoms with Crippen LogP contribution in [-0.2, 0) is 11.3 Å². The summed E-state index contributed by atoms with van der Waals surface area (Å²) in [6, 6.07) is 6.77. The van der Waals surface area contributed by atoms with Crippen LogP contribution in [0.1, 0.15) is 31.2 Å². The highest BCUT2D eigenvalue weighted by Gasteiger charge is 2.30. The lowest BCUT2D eigenvalue weighted by molar-refractivity contribution is -0.136. The van der Waals surface area contributed by atoms with Gasteiger partial charge in [-0.25, -0.2) is 4.39 Å². The molecule has 3 rings (SSSR count). The summed E-state index contributed by atoms with van der Waals surface area (Å²) in [7, 11) is 0. The number of carbonyl (C=O) groups excluding carboxylic acids is 1. The Kier molecular flexibility index (Phi) is 4.54. The lowest BCUT2D eigenvalue weighted by atomic mass is 9.96. The SMILES string of the molecule is O=C([C@@H]1CCCN(Cc2cccc(F)c2)C1)N1CCCC1. The zero-order chi connectivity index (χ0) is 14.7. The van der Waals surface area contributed by atoms with Crippen molar-refractivity contribution in [1.29, 1.82) is 0 Å². The minimum Gasteiger partial charge on any atom is -0.342 e. The minimum atomic E-state index is -0.186. The number of piperidine rings is 1.